The van der Waals surface area contributed by atoms with E-state index in [9.17, 15) is 9.59 Å². The minimum Gasteiger partial charge on any atom is -0.494 e. The van der Waals surface area contributed by atoms with E-state index in [1.54, 1.807) is 6.92 Å². The Hall–Kier alpha value is -2.08. The summed E-state index contributed by atoms with van der Waals surface area (Å²) in [6, 6.07) is 6.55. The van der Waals surface area contributed by atoms with Crippen LogP contribution in [0.2, 0.25) is 0 Å². The van der Waals surface area contributed by atoms with Gasteiger partial charge >= 0.3 is 6.03 Å². The Labute approximate surface area is 130 Å². The van der Waals surface area contributed by atoms with E-state index in [1.807, 2.05) is 38.1 Å². The highest BCUT2D eigenvalue weighted by molar-refractivity contribution is 6.07. The van der Waals surface area contributed by atoms with Crippen LogP contribution < -0.4 is 15.8 Å². The summed E-state index contributed by atoms with van der Waals surface area (Å²) in [6.45, 7) is 6.37. The van der Waals surface area contributed by atoms with Gasteiger partial charge in [-0.3, -0.25) is 9.69 Å². The van der Waals surface area contributed by atoms with Gasteiger partial charge in [-0.25, -0.2) is 4.79 Å². The van der Waals surface area contributed by atoms with Gasteiger partial charge in [0.25, 0.3) is 5.91 Å². The number of nitrogens with one attached hydrogen (secondary N) is 1. The van der Waals surface area contributed by atoms with E-state index in [0.29, 0.717) is 13.0 Å². The average molecular weight is 305 g/mol. The minimum atomic E-state index is -1.02. The van der Waals surface area contributed by atoms with Gasteiger partial charge in [0.2, 0.25) is 0 Å². The zero-order chi connectivity index (χ0) is 16.3. The summed E-state index contributed by atoms with van der Waals surface area (Å²) < 4.78 is 5.42. The Morgan fingerprint density at radius 3 is 2.41 bits per heavy atom. The molecule has 1 fully saturated rings. The maximum atomic E-state index is 12.8. The molecule has 0 bridgehead atoms. The molecule has 1 aromatic carbocycles. The van der Waals surface area contributed by atoms with E-state index in [2.05, 4.69) is 5.32 Å². The fourth-order valence-corrected chi connectivity index (χ4v) is 2.74. The molecule has 120 valence electrons. The molecule has 1 aromatic rings. The fraction of sp³-hybridized carbons (Fsp3) is 0.500. The summed E-state index contributed by atoms with van der Waals surface area (Å²) in [7, 11) is 0. The molecule has 0 spiro atoms. The molecule has 1 saturated heterocycles. The van der Waals surface area contributed by atoms with Crippen LogP contribution in [0.3, 0.4) is 0 Å². The lowest BCUT2D eigenvalue weighted by atomic mass is 9.87. The summed E-state index contributed by atoms with van der Waals surface area (Å²) in [6.07, 6.45) is 0.472. The fourth-order valence-electron chi connectivity index (χ4n) is 2.74. The van der Waals surface area contributed by atoms with Crippen molar-refractivity contribution in [3.63, 3.8) is 0 Å². The van der Waals surface area contributed by atoms with Crippen LogP contribution in [0.4, 0.5) is 4.79 Å². The number of carbonyl (C=O) groups is 2. The van der Waals surface area contributed by atoms with E-state index in [4.69, 9.17) is 10.5 Å². The highest BCUT2D eigenvalue weighted by Gasteiger charge is 2.52. The van der Waals surface area contributed by atoms with Gasteiger partial charge in [-0.05, 0) is 38.0 Å². The predicted octanol–water partition coefficient (Wildman–Crippen LogP) is 1.59. The molecular weight excluding hydrogens is 282 g/mol. The van der Waals surface area contributed by atoms with Crippen molar-refractivity contribution in [2.75, 3.05) is 13.2 Å². The van der Waals surface area contributed by atoms with Crippen LogP contribution in [0.1, 0.15) is 32.8 Å². The lowest BCUT2D eigenvalue weighted by Crippen LogP contribution is -2.46. The molecule has 2 unspecified atom stereocenters. The second kappa shape index (κ2) is 6.36. The lowest BCUT2D eigenvalue weighted by molar-refractivity contribution is -0.133. The summed E-state index contributed by atoms with van der Waals surface area (Å²) in [4.78, 5) is 26.3. The number of hydrogen-bond donors (Lipinski definition) is 2. The first kappa shape index (κ1) is 16.3. The molecule has 0 saturated carbocycles. The normalized spacial score (nSPS) is 22.6. The van der Waals surface area contributed by atoms with Crippen LogP contribution in [-0.4, -0.2) is 36.0 Å². The molecule has 2 rings (SSSR count). The Kier molecular flexibility index (Phi) is 4.71. The summed E-state index contributed by atoms with van der Waals surface area (Å²) in [5.41, 5.74) is 5.34. The second-order valence-electron chi connectivity index (χ2n) is 5.41. The van der Waals surface area contributed by atoms with Crippen LogP contribution in [0.15, 0.2) is 24.3 Å². The number of benzene rings is 1. The molecule has 0 aromatic heterocycles. The largest absolute Gasteiger partial charge is 0.494 e. The van der Waals surface area contributed by atoms with Crippen LogP contribution in [0.5, 0.6) is 5.75 Å². The maximum absolute atomic E-state index is 12.8. The highest BCUT2D eigenvalue weighted by Crippen LogP contribution is 2.34. The summed E-state index contributed by atoms with van der Waals surface area (Å²) in [5, 5.41) is 2.84. The number of ether oxygens (including phenoxy) is 1. The Balaban J connectivity index is 2.37. The molecular formula is C16H23N3O3. The van der Waals surface area contributed by atoms with Crippen molar-refractivity contribution >= 4 is 11.9 Å². The average Bonchev–Trinajstić information content (AvgIpc) is 2.79. The Morgan fingerprint density at radius 1 is 1.27 bits per heavy atom. The van der Waals surface area contributed by atoms with E-state index >= 15 is 0 Å². The number of urea groups is 1. The third-order valence-corrected chi connectivity index (χ3v) is 4.09. The number of hydrogen-bond acceptors (Lipinski definition) is 4. The monoisotopic (exact) mass is 305 g/mol. The van der Waals surface area contributed by atoms with Crippen LogP contribution in [0, 0.1) is 0 Å². The number of carbonyl (C=O) groups excluding carboxylic acids is 2. The predicted molar refractivity (Wildman–Crippen MR) is 83.5 cm³/mol. The van der Waals surface area contributed by atoms with E-state index < -0.39 is 11.6 Å². The first-order valence-corrected chi connectivity index (χ1v) is 7.59. The number of imide groups is 1. The van der Waals surface area contributed by atoms with E-state index in [0.717, 1.165) is 11.3 Å². The molecule has 2 atom stereocenters. The summed E-state index contributed by atoms with van der Waals surface area (Å²) >= 11 is 0. The third kappa shape index (κ3) is 2.54. The van der Waals surface area contributed by atoms with Crippen LogP contribution in [0.25, 0.3) is 0 Å². The first-order valence-electron chi connectivity index (χ1n) is 7.59. The molecule has 6 nitrogen and oxygen atoms in total. The SMILES string of the molecule is CCOc1ccc(C2(CC)NC(=O)N(C(C)CN)C2=O)cc1. The molecule has 22 heavy (non-hydrogen) atoms. The van der Waals surface area contributed by atoms with Crippen molar-refractivity contribution < 1.29 is 14.3 Å². The van der Waals surface area contributed by atoms with Gasteiger partial charge < -0.3 is 15.8 Å². The molecule has 1 aliphatic rings. The van der Waals surface area contributed by atoms with Gasteiger partial charge in [0, 0.05) is 6.54 Å². The molecule has 3 amide bonds. The van der Waals surface area contributed by atoms with Gasteiger partial charge in [0.1, 0.15) is 11.3 Å². The Morgan fingerprint density at radius 2 is 1.91 bits per heavy atom. The minimum absolute atomic E-state index is 0.238. The Bertz CT molecular complexity index is 558. The van der Waals surface area contributed by atoms with Crippen LogP contribution >= 0.6 is 0 Å². The zero-order valence-electron chi connectivity index (χ0n) is 13.3. The van der Waals surface area contributed by atoms with Crippen molar-refractivity contribution in [2.24, 2.45) is 5.73 Å². The quantitative estimate of drug-likeness (QED) is 0.782. The van der Waals surface area contributed by atoms with Gasteiger partial charge in [0.05, 0.1) is 12.6 Å². The zero-order valence-corrected chi connectivity index (χ0v) is 13.3. The molecule has 0 aliphatic carbocycles. The van der Waals surface area contributed by atoms with Gasteiger partial charge in [0.15, 0.2) is 0 Å². The molecule has 1 aliphatic heterocycles. The van der Waals surface area contributed by atoms with Crippen LogP contribution in [-0.2, 0) is 10.3 Å². The molecule has 6 heteroatoms. The van der Waals surface area contributed by atoms with Crippen molar-refractivity contribution in [3.05, 3.63) is 29.8 Å². The van der Waals surface area contributed by atoms with E-state index in [1.165, 1.54) is 4.90 Å². The second-order valence-corrected chi connectivity index (χ2v) is 5.41. The number of nitrogens with two attached hydrogens (primary N) is 1. The smallest absolute Gasteiger partial charge is 0.325 e. The number of nitrogens with zero attached hydrogens (tertiary/aromatic N) is 1. The summed E-state index contributed by atoms with van der Waals surface area (Å²) in [5.74, 6) is 0.489. The van der Waals surface area contributed by atoms with Crippen molar-refractivity contribution in [1.82, 2.24) is 10.2 Å². The van der Waals surface area contributed by atoms with Gasteiger partial charge in [-0.2, -0.15) is 0 Å². The third-order valence-electron chi connectivity index (χ3n) is 4.09. The number of amides is 3. The molecule has 3 N–H and O–H groups in total. The molecule has 0 radical (unpaired) electrons. The van der Waals surface area contributed by atoms with Gasteiger partial charge in [-0.15, -0.1) is 0 Å². The first-order chi connectivity index (χ1) is 10.5. The maximum Gasteiger partial charge on any atom is 0.325 e. The van der Waals surface area contributed by atoms with Crippen molar-refractivity contribution in [3.8, 4) is 5.75 Å². The van der Waals surface area contributed by atoms with Crippen molar-refractivity contribution in [2.45, 2.75) is 38.8 Å². The highest BCUT2D eigenvalue weighted by atomic mass is 16.5. The topological polar surface area (TPSA) is 84.7 Å². The van der Waals surface area contributed by atoms with E-state index in [-0.39, 0.29) is 18.5 Å². The number of rotatable bonds is 6. The standard InChI is InChI=1S/C16H23N3O3/c1-4-16(12-6-8-13(9-7-12)22-5-2)14(20)19(11(3)10-17)15(21)18-16/h6-9,11H,4-5,10,17H2,1-3H3,(H,18,21). The molecule has 1 heterocycles. The lowest BCUT2D eigenvalue weighted by Gasteiger charge is -2.27. The van der Waals surface area contributed by atoms with Crippen molar-refractivity contribution in [1.29, 1.82) is 0 Å². The van der Waals surface area contributed by atoms with Gasteiger partial charge in [-0.1, -0.05) is 19.1 Å².